The molecule has 1 aromatic carbocycles. The van der Waals surface area contributed by atoms with Crippen molar-refractivity contribution in [3.8, 4) is 0 Å². The Hall–Kier alpha value is -0.910. The number of hydrogen-bond acceptors (Lipinski definition) is 3. The maximum atomic E-state index is 11.9. The van der Waals surface area contributed by atoms with Gasteiger partial charge in [-0.1, -0.05) is 22.0 Å². The maximum absolute atomic E-state index is 11.9. The van der Waals surface area contributed by atoms with Gasteiger partial charge in [-0.15, -0.1) is 0 Å². The van der Waals surface area contributed by atoms with Crippen molar-refractivity contribution in [2.75, 3.05) is 6.54 Å². The molecule has 94 valence electrons. The van der Waals surface area contributed by atoms with Crippen LogP contribution in [0.1, 0.15) is 22.8 Å². The van der Waals surface area contributed by atoms with Crippen LogP contribution < -0.4 is 11.1 Å². The fourth-order valence-electron chi connectivity index (χ4n) is 1.32. The topological polar surface area (TPSA) is 75.4 Å². The van der Waals surface area contributed by atoms with Gasteiger partial charge in [-0.3, -0.25) is 4.79 Å². The van der Waals surface area contributed by atoms with Gasteiger partial charge >= 0.3 is 0 Å². The lowest BCUT2D eigenvalue weighted by molar-refractivity contribution is 0.0937. The molecule has 0 saturated carbocycles. The van der Waals surface area contributed by atoms with Crippen LogP contribution in [0.4, 0.5) is 0 Å². The van der Waals surface area contributed by atoms with Crippen molar-refractivity contribution < 1.29 is 9.90 Å². The van der Waals surface area contributed by atoms with Crippen LogP contribution in [0, 0.1) is 6.92 Å². The Morgan fingerprint density at radius 2 is 2.24 bits per heavy atom. The van der Waals surface area contributed by atoms with Gasteiger partial charge in [0.2, 0.25) is 0 Å². The van der Waals surface area contributed by atoms with Gasteiger partial charge in [0.25, 0.3) is 5.91 Å². The van der Waals surface area contributed by atoms with E-state index in [1.54, 1.807) is 13.0 Å². The lowest BCUT2D eigenvalue weighted by Gasteiger charge is -2.15. The summed E-state index contributed by atoms with van der Waals surface area (Å²) in [5, 5.41) is 11.9. The molecule has 4 nitrogen and oxygen atoms in total. The van der Waals surface area contributed by atoms with Crippen molar-refractivity contribution in [3.63, 3.8) is 0 Å². The van der Waals surface area contributed by atoms with Gasteiger partial charge < -0.3 is 16.2 Å². The Morgan fingerprint density at radius 3 is 2.82 bits per heavy atom. The molecule has 0 aliphatic heterocycles. The average Bonchev–Trinajstić information content (AvgIpc) is 2.28. The molecule has 1 rings (SSSR count). The zero-order chi connectivity index (χ0) is 13.0. The summed E-state index contributed by atoms with van der Waals surface area (Å²) in [5.74, 6) is -0.181. The number of benzene rings is 1. The van der Waals surface area contributed by atoms with Gasteiger partial charge in [0.1, 0.15) is 0 Å². The molecule has 4 N–H and O–H groups in total. The molecule has 0 aliphatic rings. The summed E-state index contributed by atoms with van der Waals surface area (Å²) in [6.45, 7) is 3.72. The van der Waals surface area contributed by atoms with Crippen molar-refractivity contribution >= 4 is 21.8 Å². The second-order valence-electron chi connectivity index (χ2n) is 4.07. The number of nitrogens with one attached hydrogen (secondary N) is 1. The molecule has 0 saturated heterocycles. The lowest BCUT2D eigenvalue weighted by Crippen LogP contribution is -2.43. The van der Waals surface area contributed by atoms with E-state index >= 15 is 0 Å². The Balaban J connectivity index is 2.67. The van der Waals surface area contributed by atoms with E-state index in [4.69, 9.17) is 5.73 Å². The minimum absolute atomic E-state index is 0.181. The van der Waals surface area contributed by atoms with Gasteiger partial charge in [-0.2, -0.15) is 0 Å². The van der Waals surface area contributed by atoms with Crippen LogP contribution in [0.25, 0.3) is 0 Å². The van der Waals surface area contributed by atoms with Crippen molar-refractivity contribution in [3.05, 3.63) is 33.8 Å². The van der Waals surface area contributed by atoms with Gasteiger partial charge in [0.05, 0.1) is 6.10 Å². The summed E-state index contributed by atoms with van der Waals surface area (Å²) in [6, 6.07) is 5.06. The fourth-order valence-corrected chi connectivity index (χ4v) is 1.68. The van der Waals surface area contributed by atoms with Crippen molar-refractivity contribution in [2.45, 2.75) is 26.0 Å². The molecule has 2 atom stereocenters. The van der Waals surface area contributed by atoms with Crippen LogP contribution in [-0.2, 0) is 0 Å². The number of halogens is 1. The van der Waals surface area contributed by atoms with Gasteiger partial charge in [-0.05, 0) is 31.5 Å². The van der Waals surface area contributed by atoms with Crippen LogP contribution in [0.2, 0.25) is 0 Å². The van der Waals surface area contributed by atoms with Crippen LogP contribution in [-0.4, -0.2) is 29.7 Å². The minimum Gasteiger partial charge on any atom is -0.392 e. The largest absolute Gasteiger partial charge is 0.392 e. The smallest absolute Gasteiger partial charge is 0.251 e. The van der Waals surface area contributed by atoms with Crippen LogP contribution in [0.15, 0.2) is 22.7 Å². The van der Waals surface area contributed by atoms with E-state index in [-0.39, 0.29) is 12.5 Å². The quantitative estimate of drug-likeness (QED) is 0.782. The highest BCUT2D eigenvalue weighted by Crippen LogP contribution is 2.15. The van der Waals surface area contributed by atoms with E-state index < -0.39 is 12.1 Å². The molecular formula is C12H17BrN2O2. The van der Waals surface area contributed by atoms with E-state index in [2.05, 4.69) is 21.2 Å². The average molecular weight is 301 g/mol. The first-order valence-corrected chi connectivity index (χ1v) is 6.19. The first-order valence-electron chi connectivity index (χ1n) is 5.40. The molecule has 0 heterocycles. The van der Waals surface area contributed by atoms with Gasteiger partial charge in [0.15, 0.2) is 0 Å². The molecule has 0 bridgehead atoms. The molecule has 0 radical (unpaired) electrons. The highest BCUT2D eigenvalue weighted by molar-refractivity contribution is 9.10. The summed E-state index contributed by atoms with van der Waals surface area (Å²) in [6.07, 6.45) is -0.640. The molecule has 0 spiro atoms. The molecule has 17 heavy (non-hydrogen) atoms. The lowest BCUT2D eigenvalue weighted by atomic mass is 10.1. The number of aliphatic hydroxyl groups excluding tert-OH is 1. The molecule has 1 aromatic rings. The first-order chi connectivity index (χ1) is 7.91. The van der Waals surface area contributed by atoms with Crippen molar-refractivity contribution in [1.82, 2.24) is 5.32 Å². The number of aryl methyl sites for hydroxylation is 1. The standard InChI is InChI=1S/C12H17BrN2O2/c1-7-3-4-9(13)5-10(7)12(17)15-6-11(14)8(2)16/h3-5,8,11,16H,6,14H2,1-2H3,(H,15,17). The maximum Gasteiger partial charge on any atom is 0.251 e. The van der Waals surface area contributed by atoms with Crippen LogP contribution in [0.5, 0.6) is 0 Å². The second kappa shape index (κ2) is 6.14. The Morgan fingerprint density at radius 1 is 1.59 bits per heavy atom. The van der Waals surface area contributed by atoms with E-state index in [0.29, 0.717) is 5.56 Å². The summed E-state index contributed by atoms with van der Waals surface area (Å²) in [7, 11) is 0. The summed E-state index contributed by atoms with van der Waals surface area (Å²) < 4.78 is 0.855. The summed E-state index contributed by atoms with van der Waals surface area (Å²) >= 11 is 3.32. The predicted octanol–water partition coefficient (Wildman–Crippen LogP) is 1.20. The number of amides is 1. The number of nitrogens with two attached hydrogens (primary N) is 1. The SMILES string of the molecule is Cc1ccc(Br)cc1C(=O)NCC(N)C(C)O. The predicted molar refractivity (Wildman–Crippen MR) is 70.9 cm³/mol. The number of hydrogen-bond donors (Lipinski definition) is 3. The fraction of sp³-hybridized carbons (Fsp3) is 0.417. The zero-order valence-corrected chi connectivity index (χ0v) is 11.5. The zero-order valence-electron chi connectivity index (χ0n) is 9.90. The Labute approximate surface area is 109 Å². The van der Waals surface area contributed by atoms with Gasteiger partial charge in [-0.25, -0.2) is 0 Å². The molecular weight excluding hydrogens is 284 g/mol. The normalized spacial score (nSPS) is 14.2. The molecule has 0 fully saturated rings. The molecule has 1 amide bonds. The Kier molecular flexibility index (Phi) is 5.11. The van der Waals surface area contributed by atoms with E-state index in [9.17, 15) is 9.90 Å². The third-order valence-electron chi connectivity index (χ3n) is 2.56. The van der Waals surface area contributed by atoms with Crippen molar-refractivity contribution in [2.24, 2.45) is 5.73 Å². The van der Waals surface area contributed by atoms with Gasteiger partial charge in [0, 0.05) is 22.6 Å². The van der Waals surface area contributed by atoms with Crippen molar-refractivity contribution in [1.29, 1.82) is 0 Å². The molecule has 0 aliphatic carbocycles. The summed E-state index contributed by atoms with van der Waals surface area (Å²) in [5.41, 5.74) is 7.14. The third-order valence-corrected chi connectivity index (χ3v) is 3.06. The van der Waals surface area contributed by atoms with Crippen LogP contribution in [0.3, 0.4) is 0 Å². The minimum atomic E-state index is -0.640. The summed E-state index contributed by atoms with van der Waals surface area (Å²) in [4.78, 5) is 11.9. The second-order valence-corrected chi connectivity index (χ2v) is 4.99. The van der Waals surface area contributed by atoms with E-state index in [1.165, 1.54) is 0 Å². The number of rotatable bonds is 4. The number of carbonyl (C=O) groups is 1. The first kappa shape index (κ1) is 14.2. The molecule has 5 heteroatoms. The van der Waals surface area contributed by atoms with E-state index in [0.717, 1.165) is 10.0 Å². The monoisotopic (exact) mass is 300 g/mol. The highest BCUT2D eigenvalue weighted by Gasteiger charge is 2.13. The Bertz CT molecular complexity index is 407. The number of aliphatic hydroxyl groups is 1. The van der Waals surface area contributed by atoms with E-state index in [1.807, 2.05) is 19.1 Å². The molecule has 0 aromatic heterocycles. The molecule has 2 unspecified atom stereocenters. The highest BCUT2D eigenvalue weighted by atomic mass is 79.9. The van der Waals surface area contributed by atoms with Crippen LogP contribution >= 0.6 is 15.9 Å². The number of carbonyl (C=O) groups excluding carboxylic acids is 1. The third kappa shape index (κ3) is 4.11.